The lowest BCUT2D eigenvalue weighted by Gasteiger charge is -2.08. The number of nitro groups is 1. The largest absolute Gasteiger partial charge is 0.491 e. The Kier molecular flexibility index (Phi) is 6.62. The minimum absolute atomic E-state index is 0.0719. The van der Waals surface area contributed by atoms with Crippen LogP contribution in [0.25, 0.3) is 0 Å². The van der Waals surface area contributed by atoms with Crippen molar-refractivity contribution < 1.29 is 14.4 Å². The summed E-state index contributed by atoms with van der Waals surface area (Å²) in [5, 5.41) is 10.7. The van der Waals surface area contributed by atoms with Gasteiger partial charge in [-0.05, 0) is 6.42 Å². The molecule has 1 rings (SSSR count). The predicted molar refractivity (Wildman–Crippen MR) is 72.1 cm³/mol. The van der Waals surface area contributed by atoms with Crippen LogP contribution in [-0.4, -0.2) is 24.7 Å². The Labute approximate surface area is 111 Å². The summed E-state index contributed by atoms with van der Waals surface area (Å²) in [5.74, 6) is 5.63. The Morgan fingerprint density at radius 1 is 1.32 bits per heavy atom. The summed E-state index contributed by atoms with van der Waals surface area (Å²) in [6, 6.07) is 4.29. The molecule has 0 aliphatic carbocycles. The normalized spacial score (nSPS) is 10.2. The number of nitrogens with zero attached hydrogens (tertiary/aromatic N) is 1. The first kappa shape index (κ1) is 15.2. The van der Waals surface area contributed by atoms with E-state index in [0.29, 0.717) is 31.3 Å². The molecule has 7 nitrogen and oxygen atoms in total. The average Bonchev–Trinajstić information content (AvgIpc) is 2.42. The van der Waals surface area contributed by atoms with E-state index in [2.05, 4.69) is 12.3 Å². The van der Waals surface area contributed by atoms with E-state index < -0.39 is 4.92 Å². The average molecular weight is 269 g/mol. The van der Waals surface area contributed by atoms with Gasteiger partial charge in [0, 0.05) is 18.7 Å². The van der Waals surface area contributed by atoms with Crippen molar-refractivity contribution in [1.29, 1.82) is 0 Å². The second-order valence-corrected chi connectivity index (χ2v) is 3.93. The number of hydrogen-bond acceptors (Lipinski definition) is 6. The predicted octanol–water partition coefficient (Wildman–Crippen LogP) is 2.08. The van der Waals surface area contributed by atoms with Crippen molar-refractivity contribution in [1.82, 2.24) is 0 Å². The second-order valence-electron chi connectivity index (χ2n) is 3.93. The van der Waals surface area contributed by atoms with E-state index >= 15 is 0 Å². The standard InChI is InChI=1S/C12H19N3O4/c1-2-3-4-18-5-6-19-12-8-10(14-13)7-11(9-12)15(16)17/h7-9,14H,2-6,13H2,1H3. The van der Waals surface area contributed by atoms with Gasteiger partial charge in [-0.25, -0.2) is 0 Å². The maximum atomic E-state index is 10.7. The maximum Gasteiger partial charge on any atom is 0.275 e. The minimum atomic E-state index is -0.495. The lowest BCUT2D eigenvalue weighted by atomic mass is 10.2. The Morgan fingerprint density at radius 2 is 2.11 bits per heavy atom. The van der Waals surface area contributed by atoms with Gasteiger partial charge in [0.25, 0.3) is 5.69 Å². The first-order valence-corrected chi connectivity index (χ1v) is 6.14. The maximum absolute atomic E-state index is 10.7. The van der Waals surface area contributed by atoms with Gasteiger partial charge in [0.2, 0.25) is 0 Å². The van der Waals surface area contributed by atoms with Gasteiger partial charge in [-0.2, -0.15) is 0 Å². The number of nitrogens with two attached hydrogens (primary N) is 1. The van der Waals surface area contributed by atoms with Crippen LogP contribution < -0.4 is 16.0 Å². The number of unbranched alkanes of at least 4 members (excludes halogenated alkanes) is 1. The number of nitrogens with one attached hydrogen (secondary N) is 1. The number of hydrogen-bond donors (Lipinski definition) is 2. The highest BCUT2D eigenvalue weighted by molar-refractivity contribution is 5.55. The summed E-state index contributed by atoms with van der Waals surface area (Å²) in [5.41, 5.74) is 2.72. The molecule has 0 heterocycles. The molecule has 0 amide bonds. The van der Waals surface area contributed by atoms with Crippen LogP contribution in [0.5, 0.6) is 5.75 Å². The molecule has 0 aromatic heterocycles. The number of ether oxygens (including phenoxy) is 2. The number of nitro benzene ring substituents is 1. The van der Waals surface area contributed by atoms with Crippen molar-refractivity contribution in [3.05, 3.63) is 28.3 Å². The van der Waals surface area contributed by atoms with Crippen molar-refractivity contribution in [3.8, 4) is 5.75 Å². The molecule has 7 heteroatoms. The molecule has 106 valence electrons. The third-order valence-corrected chi connectivity index (χ3v) is 2.41. The third-order valence-electron chi connectivity index (χ3n) is 2.41. The van der Waals surface area contributed by atoms with E-state index in [-0.39, 0.29) is 5.69 Å². The van der Waals surface area contributed by atoms with Crippen LogP contribution >= 0.6 is 0 Å². The van der Waals surface area contributed by atoms with Gasteiger partial charge in [-0.1, -0.05) is 13.3 Å². The van der Waals surface area contributed by atoms with E-state index in [4.69, 9.17) is 15.3 Å². The SMILES string of the molecule is CCCCOCCOc1cc(NN)cc([N+](=O)[O-])c1. The summed E-state index contributed by atoms with van der Waals surface area (Å²) in [6.45, 7) is 3.58. The monoisotopic (exact) mass is 269 g/mol. The summed E-state index contributed by atoms with van der Waals surface area (Å²) >= 11 is 0. The van der Waals surface area contributed by atoms with Crippen molar-refractivity contribution in [2.24, 2.45) is 5.84 Å². The Morgan fingerprint density at radius 3 is 2.74 bits per heavy atom. The highest BCUT2D eigenvalue weighted by Crippen LogP contribution is 2.25. The van der Waals surface area contributed by atoms with Gasteiger partial charge in [0.1, 0.15) is 12.4 Å². The first-order chi connectivity index (χ1) is 9.17. The van der Waals surface area contributed by atoms with Gasteiger partial charge in [0.05, 0.1) is 23.3 Å². The Hall–Kier alpha value is -1.86. The number of nitrogen functional groups attached to an aromatic ring is 1. The summed E-state index contributed by atoms with van der Waals surface area (Å²) < 4.78 is 10.7. The van der Waals surface area contributed by atoms with Crippen LogP contribution in [0.15, 0.2) is 18.2 Å². The van der Waals surface area contributed by atoms with Crippen LogP contribution in [0.3, 0.4) is 0 Å². The van der Waals surface area contributed by atoms with Crippen molar-refractivity contribution in [3.63, 3.8) is 0 Å². The first-order valence-electron chi connectivity index (χ1n) is 6.14. The number of hydrazine groups is 1. The number of non-ortho nitro benzene ring substituents is 1. The molecule has 0 atom stereocenters. The number of rotatable bonds is 9. The zero-order valence-electron chi connectivity index (χ0n) is 10.9. The molecular weight excluding hydrogens is 250 g/mol. The van der Waals surface area contributed by atoms with E-state index in [9.17, 15) is 10.1 Å². The summed E-state index contributed by atoms with van der Waals surface area (Å²) in [4.78, 5) is 10.2. The highest BCUT2D eigenvalue weighted by Gasteiger charge is 2.10. The van der Waals surface area contributed by atoms with Crippen molar-refractivity contribution >= 4 is 11.4 Å². The molecule has 3 N–H and O–H groups in total. The van der Waals surface area contributed by atoms with Gasteiger partial charge in [-0.3, -0.25) is 16.0 Å². The topological polar surface area (TPSA) is 99.7 Å². The van der Waals surface area contributed by atoms with E-state index in [0.717, 1.165) is 12.8 Å². The smallest absolute Gasteiger partial charge is 0.275 e. The molecule has 1 aromatic rings. The molecule has 0 radical (unpaired) electrons. The fourth-order valence-electron chi connectivity index (χ4n) is 1.42. The third kappa shape index (κ3) is 5.54. The fraction of sp³-hybridized carbons (Fsp3) is 0.500. The Balaban J connectivity index is 2.48. The second kappa shape index (κ2) is 8.28. The summed E-state index contributed by atoms with van der Waals surface area (Å²) in [6.07, 6.45) is 2.09. The molecule has 0 saturated carbocycles. The molecule has 19 heavy (non-hydrogen) atoms. The van der Waals surface area contributed by atoms with Gasteiger partial charge < -0.3 is 14.9 Å². The van der Waals surface area contributed by atoms with Crippen LogP contribution in [0.4, 0.5) is 11.4 Å². The molecule has 0 saturated heterocycles. The van der Waals surface area contributed by atoms with Crippen molar-refractivity contribution in [2.45, 2.75) is 19.8 Å². The van der Waals surface area contributed by atoms with Crippen LogP contribution in [-0.2, 0) is 4.74 Å². The summed E-state index contributed by atoms with van der Waals surface area (Å²) in [7, 11) is 0. The fourth-order valence-corrected chi connectivity index (χ4v) is 1.42. The minimum Gasteiger partial charge on any atom is -0.491 e. The molecule has 0 fully saturated rings. The molecule has 1 aromatic carbocycles. The molecule has 0 spiro atoms. The molecule has 0 bridgehead atoms. The van der Waals surface area contributed by atoms with Crippen molar-refractivity contribution in [2.75, 3.05) is 25.2 Å². The van der Waals surface area contributed by atoms with Crippen LogP contribution in [0.1, 0.15) is 19.8 Å². The molecular formula is C12H19N3O4. The van der Waals surface area contributed by atoms with E-state index in [1.165, 1.54) is 12.1 Å². The molecule has 0 aliphatic heterocycles. The van der Waals surface area contributed by atoms with Crippen LogP contribution in [0.2, 0.25) is 0 Å². The Bertz CT molecular complexity index is 412. The lowest BCUT2D eigenvalue weighted by molar-refractivity contribution is -0.384. The van der Waals surface area contributed by atoms with Crippen LogP contribution in [0, 0.1) is 10.1 Å². The molecule has 0 aliphatic rings. The lowest BCUT2D eigenvalue weighted by Crippen LogP contribution is -2.09. The van der Waals surface area contributed by atoms with E-state index in [1.54, 1.807) is 6.07 Å². The quantitative estimate of drug-likeness (QED) is 0.308. The number of benzene rings is 1. The molecule has 0 unspecified atom stereocenters. The zero-order chi connectivity index (χ0) is 14.1. The van der Waals surface area contributed by atoms with Gasteiger partial charge in [-0.15, -0.1) is 0 Å². The number of anilines is 1. The van der Waals surface area contributed by atoms with Gasteiger partial charge in [0.15, 0.2) is 0 Å². The van der Waals surface area contributed by atoms with E-state index in [1.807, 2.05) is 0 Å². The van der Waals surface area contributed by atoms with Gasteiger partial charge >= 0.3 is 0 Å². The zero-order valence-corrected chi connectivity index (χ0v) is 10.9. The highest BCUT2D eigenvalue weighted by atomic mass is 16.6.